The molecule has 0 aromatic carbocycles. The Hall–Kier alpha value is -2.28. The van der Waals surface area contributed by atoms with Crippen LogP contribution in [0.25, 0.3) is 0 Å². The molecule has 7 heteroatoms. The number of fused-ring (bicyclic) bond motifs is 5. The van der Waals surface area contributed by atoms with Crippen LogP contribution in [-0.4, -0.2) is 45.2 Å². The smallest absolute Gasteiger partial charge is 0.312 e. The van der Waals surface area contributed by atoms with Crippen LogP contribution in [0.3, 0.4) is 0 Å². The molecule has 0 unspecified atom stereocenters. The van der Waals surface area contributed by atoms with Gasteiger partial charge in [-0.1, -0.05) is 19.1 Å². The van der Waals surface area contributed by atoms with E-state index in [2.05, 4.69) is 6.58 Å². The van der Waals surface area contributed by atoms with E-state index in [1.807, 2.05) is 0 Å². The summed E-state index contributed by atoms with van der Waals surface area (Å²) in [6.07, 6.45) is -0.752. The lowest BCUT2D eigenvalue weighted by Gasteiger charge is -2.68. The van der Waals surface area contributed by atoms with Gasteiger partial charge in [-0.05, 0) is 53.0 Å². The zero-order valence-corrected chi connectivity index (χ0v) is 18.9. The molecule has 168 valence electrons. The Kier molecular flexibility index (Phi) is 4.06. The maximum Gasteiger partial charge on any atom is 0.312 e. The van der Waals surface area contributed by atoms with Gasteiger partial charge in [0.1, 0.15) is 5.78 Å². The highest BCUT2D eigenvalue weighted by Gasteiger charge is 2.79. The Bertz CT molecular complexity index is 1020. The lowest BCUT2D eigenvalue weighted by atomic mass is 9.35. The summed E-state index contributed by atoms with van der Waals surface area (Å²) < 4.78 is 5.31. The monoisotopic (exact) mass is 430 g/mol. The molecule has 0 radical (unpaired) electrons. The third-order valence-corrected chi connectivity index (χ3v) is 9.19. The lowest BCUT2D eigenvalue weighted by Crippen LogP contribution is -2.76. The number of aliphatic hydroxyl groups is 2. The van der Waals surface area contributed by atoms with Crippen molar-refractivity contribution in [3.05, 3.63) is 23.5 Å². The van der Waals surface area contributed by atoms with Gasteiger partial charge in [0, 0.05) is 17.3 Å². The average Bonchev–Trinajstić information content (AvgIpc) is 2.66. The predicted octanol–water partition coefficient (Wildman–Crippen LogP) is 2.61. The van der Waals surface area contributed by atoms with Gasteiger partial charge in [-0.3, -0.25) is 19.2 Å². The Balaban J connectivity index is 2.08. The summed E-state index contributed by atoms with van der Waals surface area (Å²) in [6, 6.07) is 0. The summed E-state index contributed by atoms with van der Waals surface area (Å²) in [7, 11) is 0. The van der Waals surface area contributed by atoms with Crippen LogP contribution >= 0.6 is 0 Å². The zero-order valence-electron chi connectivity index (χ0n) is 18.9. The highest BCUT2D eigenvalue weighted by atomic mass is 16.5. The van der Waals surface area contributed by atoms with Crippen LogP contribution in [-0.2, 0) is 23.9 Å². The zero-order chi connectivity index (χ0) is 23.5. The first-order valence-corrected chi connectivity index (χ1v) is 10.7. The number of carbonyl (C=O) groups excluding carboxylic acids is 4. The van der Waals surface area contributed by atoms with Crippen molar-refractivity contribution >= 4 is 23.3 Å². The van der Waals surface area contributed by atoms with Crippen LogP contribution in [0.1, 0.15) is 60.8 Å². The number of ketones is 3. The highest BCUT2D eigenvalue weighted by Crippen LogP contribution is 2.72. The Morgan fingerprint density at radius 1 is 1.06 bits per heavy atom. The molecular weight excluding hydrogens is 400 g/mol. The molecule has 4 aliphatic rings. The van der Waals surface area contributed by atoms with E-state index in [4.69, 9.17) is 4.74 Å². The van der Waals surface area contributed by atoms with Gasteiger partial charge in [-0.25, -0.2) is 0 Å². The Morgan fingerprint density at radius 3 is 2.23 bits per heavy atom. The van der Waals surface area contributed by atoms with E-state index in [9.17, 15) is 29.4 Å². The second kappa shape index (κ2) is 5.74. The molecule has 1 aliphatic heterocycles. The fourth-order valence-corrected chi connectivity index (χ4v) is 7.25. The van der Waals surface area contributed by atoms with Crippen molar-refractivity contribution in [2.24, 2.45) is 27.6 Å². The third-order valence-electron chi connectivity index (χ3n) is 9.19. The molecule has 0 aromatic rings. The molecule has 1 saturated heterocycles. The summed E-state index contributed by atoms with van der Waals surface area (Å²) in [5.74, 6) is -4.06. The normalized spacial score (nSPS) is 46.9. The van der Waals surface area contributed by atoms with Gasteiger partial charge < -0.3 is 14.9 Å². The molecule has 6 atom stereocenters. The van der Waals surface area contributed by atoms with E-state index in [1.165, 1.54) is 13.8 Å². The van der Waals surface area contributed by atoms with Crippen molar-refractivity contribution in [2.45, 2.75) is 72.5 Å². The molecule has 3 aliphatic carbocycles. The van der Waals surface area contributed by atoms with Gasteiger partial charge in [0.15, 0.2) is 17.6 Å². The number of hydrogen-bond donors (Lipinski definition) is 2. The van der Waals surface area contributed by atoms with E-state index >= 15 is 0 Å². The molecule has 0 aromatic heterocycles. The Morgan fingerprint density at radius 2 is 1.65 bits per heavy atom. The van der Waals surface area contributed by atoms with Crippen LogP contribution in [0, 0.1) is 27.6 Å². The van der Waals surface area contributed by atoms with Crippen LogP contribution < -0.4 is 0 Å². The van der Waals surface area contributed by atoms with Gasteiger partial charge in [-0.2, -0.15) is 0 Å². The Labute approximate surface area is 181 Å². The van der Waals surface area contributed by atoms with Gasteiger partial charge in [0.05, 0.1) is 22.3 Å². The molecule has 0 spiro atoms. The summed E-state index contributed by atoms with van der Waals surface area (Å²) in [4.78, 5) is 52.9. The average molecular weight is 430 g/mol. The first-order chi connectivity index (χ1) is 14.0. The molecule has 2 N–H and O–H groups in total. The van der Waals surface area contributed by atoms with Gasteiger partial charge >= 0.3 is 5.97 Å². The number of allylic oxidation sites excluding steroid dienone is 1. The number of hydrogen-bond acceptors (Lipinski definition) is 7. The lowest BCUT2D eigenvalue weighted by molar-refractivity contribution is -0.234. The fraction of sp³-hybridized carbons (Fsp3) is 0.667. The van der Waals surface area contributed by atoms with Crippen LogP contribution in [0.4, 0.5) is 0 Å². The molecule has 7 nitrogen and oxygen atoms in total. The minimum atomic E-state index is -1.85. The van der Waals surface area contributed by atoms with Crippen molar-refractivity contribution in [3.63, 3.8) is 0 Å². The maximum absolute atomic E-state index is 13.8. The number of esters is 1. The second-order valence-corrected chi connectivity index (χ2v) is 10.9. The van der Waals surface area contributed by atoms with Crippen molar-refractivity contribution in [2.75, 3.05) is 0 Å². The number of cyclic esters (lactones) is 1. The summed E-state index contributed by atoms with van der Waals surface area (Å²) in [6.45, 7) is 13.6. The predicted molar refractivity (Wildman–Crippen MR) is 110 cm³/mol. The summed E-state index contributed by atoms with van der Waals surface area (Å²) in [5.41, 5.74) is -6.90. The van der Waals surface area contributed by atoms with Gasteiger partial charge in [0.25, 0.3) is 0 Å². The fourth-order valence-electron chi connectivity index (χ4n) is 7.25. The van der Waals surface area contributed by atoms with E-state index in [0.717, 1.165) is 0 Å². The topological polar surface area (TPSA) is 118 Å². The van der Waals surface area contributed by atoms with Gasteiger partial charge in [0.2, 0.25) is 5.78 Å². The molecular formula is C24H30O7. The van der Waals surface area contributed by atoms with Crippen LogP contribution in [0.5, 0.6) is 0 Å². The van der Waals surface area contributed by atoms with Crippen molar-refractivity contribution in [1.82, 2.24) is 0 Å². The minimum Gasteiger partial charge on any atom is -0.504 e. The molecule has 4 rings (SSSR count). The minimum absolute atomic E-state index is 0.106. The van der Waals surface area contributed by atoms with Crippen molar-refractivity contribution in [1.29, 1.82) is 0 Å². The highest BCUT2D eigenvalue weighted by molar-refractivity contribution is 6.09. The molecule has 2 saturated carbocycles. The van der Waals surface area contributed by atoms with E-state index < -0.39 is 56.8 Å². The molecule has 3 fully saturated rings. The second-order valence-electron chi connectivity index (χ2n) is 10.9. The van der Waals surface area contributed by atoms with Crippen molar-refractivity contribution in [3.8, 4) is 0 Å². The number of aliphatic hydroxyl groups excluding tert-OH is 1. The number of carbonyl (C=O) groups is 4. The quantitative estimate of drug-likeness (QED) is 0.448. The standard InChI is InChI=1S/C24H30O7/c1-11-10-24(30)21(5)9-8-13(25)20(3,4)15(21)14(26)18(28)23(24,7)16-19(29)31-12(2)17(27)22(11,16)6/h12,16,26,30H,1,8-10H2,2-7H3/t12-,16-,21+,22+,23-,24+/m0/s1. The number of ether oxygens (including phenoxy) is 1. The van der Waals surface area contributed by atoms with Crippen LogP contribution in [0.15, 0.2) is 23.5 Å². The first-order valence-electron chi connectivity index (χ1n) is 10.7. The third kappa shape index (κ3) is 2.04. The van der Waals surface area contributed by atoms with E-state index in [-0.39, 0.29) is 36.4 Å². The SMILES string of the molecule is C=C1C[C@@]2(O)[C@]3(C)CCC(=O)C(C)(C)C3=C(O)C(=O)[C@]2(C)[C@H]2C(=O)O[C@@H](C)C(=O)[C@]12C. The molecule has 1 heterocycles. The van der Waals surface area contributed by atoms with E-state index in [0.29, 0.717) is 5.57 Å². The number of Topliss-reactive ketones (excluding diaryl/α,β-unsaturated/α-hetero) is 3. The summed E-state index contributed by atoms with van der Waals surface area (Å²) in [5, 5.41) is 23.5. The van der Waals surface area contributed by atoms with Crippen molar-refractivity contribution < 1.29 is 34.1 Å². The number of rotatable bonds is 0. The maximum atomic E-state index is 13.8. The molecule has 31 heavy (non-hydrogen) atoms. The molecule has 0 amide bonds. The first kappa shape index (κ1) is 21.9. The van der Waals surface area contributed by atoms with Gasteiger partial charge in [-0.15, -0.1) is 0 Å². The molecule has 0 bridgehead atoms. The summed E-state index contributed by atoms with van der Waals surface area (Å²) >= 11 is 0. The van der Waals surface area contributed by atoms with E-state index in [1.54, 1.807) is 27.7 Å². The largest absolute Gasteiger partial charge is 0.504 e. The van der Waals surface area contributed by atoms with Crippen LogP contribution in [0.2, 0.25) is 0 Å².